The molecule has 4 heterocycles. The van der Waals surface area contributed by atoms with E-state index in [1.54, 1.807) is 44.4 Å². The molecule has 37 heavy (non-hydrogen) atoms. The summed E-state index contributed by atoms with van der Waals surface area (Å²) in [6.07, 6.45) is 5.08. The number of ether oxygens (including phenoxy) is 3. The SMILES string of the molecule is COc1ncnc(OC)c1-n1c(CS(=O)(=O)[C@@H](C)[C@H](OC)c2cnc(C)cn2)nnc1-c1ccccn1. The van der Waals surface area contributed by atoms with Gasteiger partial charge >= 0.3 is 0 Å². The number of hydrogen-bond donors (Lipinski definition) is 0. The van der Waals surface area contributed by atoms with Crippen LogP contribution in [-0.2, 0) is 20.3 Å². The third kappa shape index (κ3) is 5.24. The van der Waals surface area contributed by atoms with Crippen molar-refractivity contribution in [1.82, 2.24) is 39.7 Å². The highest BCUT2D eigenvalue weighted by molar-refractivity contribution is 7.91. The minimum atomic E-state index is -3.88. The van der Waals surface area contributed by atoms with Crippen LogP contribution in [0.5, 0.6) is 11.8 Å². The zero-order valence-corrected chi connectivity index (χ0v) is 21.7. The minimum absolute atomic E-state index is 0.0868. The van der Waals surface area contributed by atoms with Gasteiger partial charge in [0.25, 0.3) is 0 Å². The van der Waals surface area contributed by atoms with Crippen molar-refractivity contribution in [2.75, 3.05) is 21.3 Å². The Bertz CT molecular complexity index is 1440. The summed E-state index contributed by atoms with van der Waals surface area (Å²) in [5.41, 5.74) is 1.80. The molecule has 0 saturated heterocycles. The highest BCUT2D eigenvalue weighted by atomic mass is 32.2. The molecule has 13 nitrogen and oxygen atoms in total. The Balaban J connectivity index is 1.83. The van der Waals surface area contributed by atoms with E-state index >= 15 is 0 Å². The number of sulfone groups is 1. The van der Waals surface area contributed by atoms with Gasteiger partial charge in [0.05, 0.1) is 37.1 Å². The Kier molecular flexibility index (Phi) is 7.69. The van der Waals surface area contributed by atoms with Gasteiger partial charge in [0, 0.05) is 19.5 Å². The number of methoxy groups -OCH3 is 3. The number of rotatable bonds is 10. The molecule has 0 aliphatic carbocycles. The molecule has 2 atom stereocenters. The van der Waals surface area contributed by atoms with Crippen molar-refractivity contribution in [3.63, 3.8) is 0 Å². The van der Waals surface area contributed by atoms with E-state index in [9.17, 15) is 8.42 Å². The van der Waals surface area contributed by atoms with Gasteiger partial charge in [0.1, 0.15) is 23.9 Å². The van der Waals surface area contributed by atoms with Crippen LogP contribution < -0.4 is 9.47 Å². The van der Waals surface area contributed by atoms with Gasteiger partial charge in [-0.3, -0.25) is 19.5 Å². The molecule has 0 aliphatic rings. The Labute approximate surface area is 213 Å². The van der Waals surface area contributed by atoms with Crippen molar-refractivity contribution in [2.24, 2.45) is 0 Å². The molecular weight excluding hydrogens is 500 g/mol. The molecular formula is C23H26N8O5S. The van der Waals surface area contributed by atoms with Gasteiger partial charge in [-0.05, 0) is 26.0 Å². The topological polar surface area (TPSA) is 157 Å². The monoisotopic (exact) mass is 526 g/mol. The van der Waals surface area contributed by atoms with Crippen LogP contribution in [0, 0.1) is 6.92 Å². The van der Waals surface area contributed by atoms with Crippen LogP contribution in [0.2, 0.25) is 0 Å². The third-order valence-electron chi connectivity index (χ3n) is 5.66. The molecule has 0 unspecified atom stereocenters. The predicted octanol–water partition coefficient (Wildman–Crippen LogP) is 1.93. The summed E-state index contributed by atoms with van der Waals surface area (Å²) < 4.78 is 45.2. The van der Waals surface area contributed by atoms with Gasteiger partial charge in [0.15, 0.2) is 27.2 Å². The molecule has 4 aromatic rings. The highest BCUT2D eigenvalue weighted by Crippen LogP contribution is 2.34. The predicted molar refractivity (Wildman–Crippen MR) is 132 cm³/mol. The van der Waals surface area contributed by atoms with Gasteiger partial charge in [-0.1, -0.05) is 6.07 Å². The second-order valence-electron chi connectivity index (χ2n) is 7.98. The molecule has 4 rings (SSSR count). The van der Waals surface area contributed by atoms with E-state index in [0.717, 1.165) is 0 Å². The first-order chi connectivity index (χ1) is 17.8. The summed E-state index contributed by atoms with van der Waals surface area (Å²) >= 11 is 0. The second kappa shape index (κ2) is 10.9. The number of hydrogen-bond acceptors (Lipinski definition) is 12. The summed E-state index contributed by atoms with van der Waals surface area (Å²) in [4.78, 5) is 21.2. The lowest BCUT2D eigenvalue weighted by Gasteiger charge is -2.22. The quantitative estimate of drug-likeness (QED) is 0.296. The summed E-state index contributed by atoms with van der Waals surface area (Å²) in [6.45, 7) is 3.35. The fourth-order valence-corrected chi connectivity index (χ4v) is 5.18. The lowest BCUT2D eigenvalue weighted by Crippen LogP contribution is -2.29. The smallest absolute Gasteiger partial charge is 0.245 e. The maximum atomic E-state index is 13.7. The van der Waals surface area contributed by atoms with E-state index in [1.165, 1.54) is 38.4 Å². The molecule has 0 spiro atoms. The van der Waals surface area contributed by atoms with E-state index in [-0.39, 0.29) is 29.1 Å². The van der Waals surface area contributed by atoms with Crippen molar-refractivity contribution in [3.8, 4) is 29.0 Å². The number of aromatic nitrogens is 8. The van der Waals surface area contributed by atoms with Crippen LogP contribution >= 0.6 is 0 Å². The Morgan fingerprint density at radius 2 is 1.68 bits per heavy atom. The molecule has 194 valence electrons. The summed E-state index contributed by atoms with van der Waals surface area (Å²) in [5, 5.41) is 7.48. The molecule has 0 saturated carbocycles. The first-order valence-electron chi connectivity index (χ1n) is 11.1. The molecule has 0 radical (unpaired) electrons. The lowest BCUT2D eigenvalue weighted by atomic mass is 10.2. The summed E-state index contributed by atoms with van der Waals surface area (Å²) in [5.74, 6) is 0.135. The van der Waals surface area contributed by atoms with E-state index < -0.39 is 26.9 Å². The minimum Gasteiger partial charge on any atom is -0.479 e. The van der Waals surface area contributed by atoms with Crippen LogP contribution in [0.25, 0.3) is 17.2 Å². The van der Waals surface area contributed by atoms with Gasteiger partial charge < -0.3 is 14.2 Å². The Hall–Kier alpha value is -4.04. The molecule has 14 heteroatoms. The van der Waals surface area contributed by atoms with Crippen LogP contribution in [0.4, 0.5) is 0 Å². The average molecular weight is 527 g/mol. The molecule has 0 bridgehead atoms. The lowest BCUT2D eigenvalue weighted by molar-refractivity contribution is 0.0983. The van der Waals surface area contributed by atoms with Crippen molar-refractivity contribution >= 4 is 9.84 Å². The average Bonchev–Trinajstić information content (AvgIpc) is 3.32. The number of nitrogens with zero attached hydrogens (tertiary/aromatic N) is 8. The maximum Gasteiger partial charge on any atom is 0.245 e. The standard InChI is InChI=1S/C23H26N8O5S/c1-14-10-26-17(11-25-14)20(34-3)15(2)37(32,33)12-18-29-30-21(16-8-6-7-9-24-16)31(18)19-22(35-4)27-13-28-23(19)36-5/h6-11,13,15,20H,12H2,1-5H3/t15-,20-/m0/s1. The van der Waals surface area contributed by atoms with Crippen molar-refractivity contribution < 1.29 is 22.6 Å². The summed E-state index contributed by atoms with van der Waals surface area (Å²) in [6, 6.07) is 5.26. The van der Waals surface area contributed by atoms with E-state index in [2.05, 4.69) is 35.1 Å². The van der Waals surface area contributed by atoms with Crippen LogP contribution in [0.15, 0.2) is 43.1 Å². The zero-order valence-electron chi connectivity index (χ0n) is 20.9. The Morgan fingerprint density at radius 1 is 0.946 bits per heavy atom. The molecule has 4 aromatic heterocycles. The highest BCUT2D eigenvalue weighted by Gasteiger charge is 2.35. The first-order valence-corrected chi connectivity index (χ1v) is 12.8. The van der Waals surface area contributed by atoms with Crippen molar-refractivity contribution in [2.45, 2.75) is 31.0 Å². The maximum absolute atomic E-state index is 13.7. The summed E-state index contributed by atoms with van der Waals surface area (Å²) in [7, 11) is 0.409. The van der Waals surface area contributed by atoms with E-state index in [1.807, 2.05) is 0 Å². The zero-order chi connectivity index (χ0) is 26.6. The Morgan fingerprint density at radius 3 is 2.24 bits per heavy atom. The second-order valence-corrected chi connectivity index (χ2v) is 10.3. The third-order valence-corrected chi connectivity index (χ3v) is 7.70. The van der Waals surface area contributed by atoms with Gasteiger partial charge in [-0.15, -0.1) is 10.2 Å². The number of pyridine rings is 1. The van der Waals surface area contributed by atoms with Crippen LogP contribution in [-0.4, -0.2) is 74.7 Å². The van der Waals surface area contributed by atoms with Crippen LogP contribution in [0.1, 0.15) is 30.2 Å². The van der Waals surface area contributed by atoms with Gasteiger partial charge in [0.2, 0.25) is 11.8 Å². The normalized spacial score (nSPS) is 13.2. The van der Waals surface area contributed by atoms with Gasteiger partial charge in [-0.25, -0.2) is 8.42 Å². The van der Waals surface area contributed by atoms with Crippen molar-refractivity contribution in [3.05, 3.63) is 60.3 Å². The van der Waals surface area contributed by atoms with E-state index in [0.29, 0.717) is 17.1 Å². The van der Waals surface area contributed by atoms with E-state index in [4.69, 9.17) is 14.2 Å². The largest absolute Gasteiger partial charge is 0.479 e. The first kappa shape index (κ1) is 26.0. The molecule has 0 aliphatic heterocycles. The molecule has 0 amide bonds. The fraction of sp³-hybridized carbons (Fsp3) is 0.348. The molecule has 0 aromatic carbocycles. The molecule has 0 N–H and O–H groups in total. The van der Waals surface area contributed by atoms with Crippen LogP contribution in [0.3, 0.4) is 0 Å². The fourth-order valence-electron chi connectivity index (χ4n) is 3.75. The van der Waals surface area contributed by atoms with Crippen molar-refractivity contribution in [1.29, 1.82) is 0 Å². The molecule has 0 fully saturated rings. The number of aryl methyl sites for hydroxylation is 1. The van der Waals surface area contributed by atoms with Gasteiger partial charge in [-0.2, -0.15) is 9.97 Å².